The molecule has 1 heterocycles. The Morgan fingerprint density at radius 1 is 1.00 bits per heavy atom. The molecule has 1 aromatic carbocycles. The molecule has 25 heavy (non-hydrogen) atoms. The van der Waals surface area contributed by atoms with Crippen LogP contribution in [-0.2, 0) is 9.47 Å². The van der Waals surface area contributed by atoms with E-state index in [1.54, 1.807) is 26.0 Å². The lowest BCUT2D eigenvalue weighted by Gasteiger charge is -2.05. The van der Waals surface area contributed by atoms with Gasteiger partial charge >= 0.3 is 11.9 Å². The smallest absolute Gasteiger partial charge is 0.377 e. The van der Waals surface area contributed by atoms with Crippen LogP contribution in [0.4, 0.5) is 0 Å². The third-order valence-corrected chi connectivity index (χ3v) is 3.20. The van der Waals surface area contributed by atoms with Gasteiger partial charge in [-0.15, -0.1) is 0 Å². The van der Waals surface area contributed by atoms with Gasteiger partial charge in [-0.2, -0.15) is 0 Å². The van der Waals surface area contributed by atoms with E-state index in [1.807, 2.05) is 0 Å². The van der Waals surface area contributed by atoms with Gasteiger partial charge < -0.3 is 18.7 Å². The zero-order valence-corrected chi connectivity index (χ0v) is 14.0. The van der Waals surface area contributed by atoms with E-state index < -0.39 is 23.5 Å². The number of rotatable bonds is 7. The van der Waals surface area contributed by atoms with Crippen LogP contribution in [0.15, 0.2) is 28.8 Å². The summed E-state index contributed by atoms with van der Waals surface area (Å²) in [7, 11) is 1.49. The minimum absolute atomic E-state index is 0.0738. The van der Waals surface area contributed by atoms with Crippen LogP contribution in [0.25, 0.3) is 0 Å². The molecule has 0 fully saturated rings. The molecule has 0 radical (unpaired) electrons. The molecule has 8 nitrogen and oxygen atoms in total. The average Bonchev–Trinajstić information content (AvgIpc) is 3.07. The highest BCUT2D eigenvalue weighted by molar-refractivity contribution is 6.17. The van der Waals surface area contributed by atoms with Crippen LogP contribution < -0.4 is 4.74 Å². The fourth-order valence-corrected chi connectivity index (χ4v) is 2.06. The van der Waals surface area contributed by atoms with Crippen molar-refractivity contribution >= 4 is 17.7 Å². The molecule has 0 atom stereocenters. The maximum atomic E-state index is 12.8. The van der Waals surface area contributed by atoms with Crippen LogP contribution in [0.1, 0.15) is 50.8 Å². The number of carbonyl (C=O) groups excluding carboxylic acids is 3. The van der Waals surface area contributed by atoms with E-state index in [0.717, 1.165) is 0 Å². The number of hydrogen-bond acceptors (Lipinski definition) is 8. The zero-order valence-electron chi connectivity index (χ0n) is 14.0. The Labute approximate surface area is 143 Å². The van der Waals surface area contributed by atoms with Crippen molar-refractivity contribution < 1.29 is 33.1 Å². The Balaban J connectivity index is 2.50. The summed E-state index contributed by atoms with van der Waals surface area (Å²) in [5, 5.41) is 3.52. The minimum atomic E-state index is -0.887. The Kier molecular flexibility index (Phi) is 5.89. The third-order valence-electron chi connectivity index (χ3n) is 3.20. The molecule has 0 bridgehead atoms. The monoisotopic (exact) mass is 347 g/mol. The molecular formula is C17H17NO7. The van der Waals surface area contributed by atoms with Gasteiger partial charge in [-0.3, -0.25) is 4.79 Å². The maximum absolute atomic E-state index is 12.8. The molecule has 0 amide bonds. The standard InChI is InChI=1S/C17H17NO7/c1-4-23-16(20)13-12(15(25-18-13)17(21)24-5-2)14(19)10-6-8-11(22-3)9-7-10/h6-9H,4-5H2,1-3H3. The lowest BCUT2D eigenvalue weighted by molar-refractivity contribution is 0.0470. The first kappa shape index (κ1) is 18.2. The number of nitrogens with zero attached hydrogens (tertiary/aromatic N) is 1. The number of aromatic nitrogens is 1. The first-order chi connectivity index (χ1) is 12.0. The Morgan fingerprint density at radius 3 is 2.16 bits per heavy atom. The number of methoxy groups -OCH3 is 1. The van der Waals surface area contributed by atoms with Crippen LogP contribution >= 0.6 is 0 Å². The summed E-state index contributed by atoms with van der Waals surface area (Å²) in [5.41, 5.74) is -0.437. The van der Waals surface area contributed by atoms with Crippen LogP contribution in [0.2, 0.25) is 0 Å². The second kappa shape index (κ2) is 8.09. The highest BCUT2D eigenvalue weighted by atomic mass is 16.6. The first-order valence-electron chi connectivity index (χ1n) is 7.56. The summed E-state index contributed by atoms with van der Waals surface area (Å²) in [5.74, 6) is -2.25. The number of ether oxygens (including phenoxy) is 3. The largest absolute Gasteiger partial charge is 0.497 e. The van der Waals surface area contributed by atoms with Crippen molar-refractivity contribution in [3.8, 4) is 5.75 Å². The van der Waals surface area contributed by atoms with E-state index in [2.05, 4.69) is 5.16 Å². The highest BCUT2D eigenvalue weighted by Gasteiger charge is 2.33. The summed E-state index contributed by atoms with van der Waals surface area (Å²) in [6.45, 7) is 3.36. The summed E-state index contributed by atoms with van der Waals surface area (Å²) >= 11 is 0. The van der Waals surface area contributed by atoms with E-state index in [9.17, 15) is 14.4 Å². The number of esters is 2. The predicted molar refractivity (Wildman–Crippen MR) is 84.8 cm³/mol. The highest BCUT2D eigenvalue weighted by Crippen LogP contribution is 2.22. The van der Waals surface area contributed by atoms with E-state index in [-0.39, 0.29) is 30.0 Å². The molecule has 2 rings (SSSR count). The van der Waals surface area contributed by atoms with Crippen LogP contribution in [0, 0.1) is 0 Å². The summed E-state index contributed by atoms with van der Waals surface area (Å²) in [4.78, 5) is 36.9. The molecule has 0 aliphatic rings. The van der Waals surface area contributed by atoms with E-state index in [1.165, 1.54) is 19.2 Å². The molecule has 1 aromatic heterocycles. The maximum Gasteiger partial charge on any atom is 0.377 e. The molecule has 0 N–H and O–H groups in total. The van der Waals surface area contributed by atoms with Crippen molar-refractivity contribution in [2.75, 3.05) is 20.3 Å². The van der Waals surface area contributed by atoms with Gasteiger partial charge in [0.05, 0.1) is 20.3 Å². The van der Waals surface area contributed by atoms with Crippen molar-refractivity contribution in [1.82, 2.24) is 5.16 Å². The number of benzene rings is 1. The van der Waals surface area contributed by atoms with Gasteiger partial charge in [0, 0.05) is 5.56 Å². The topological polar surface area (TPSA) is 105 Å². The Hall–Kier alpha value is -3.16. The molecule has 0 aliphatic heterocycles. The van der Waals surface area contributed by atoms with Crippen molar-refractivity contribution in [3.63, 3.8) is 0 Å². The van der Waals surface area contributed by atoms with Crippen molar-refractivity contribution in [2.24, 2.45) is 0 Å². The molecule has 132 valence electrons. The van der Waals surface area contributed by atoms with Crippen molar-refractivity contribution in [1.29, 1.82) is 0 Å². The van der Waals surface area contributed by atoms with Gasteiger partial charge in [-0.1, -0.05) is 5.16 Å². The predicted octanol–water partition coefficient (Wildman–Crippen LogP) is 2.27. The number of hydrogen-bond donors (Lipinski definition) is 0. The second-order valence-electron chi connectivity index (χ2n) is 4.73. The molecule has 2 aromatic rings. The molecule has 0 spiro atoms. The molecular weight excluding hydrogens is 330 g/mol. The Morgan fingerprint density at radius 2 is 1.60 bits per heavy atom. The summed E-state index contributed by atoms with van der Waals surface area (Å²) in [6.07, 6.45) is 0. The quantitative estimate of drug-likeness (QED) is 0.555. The molecule has 0 saturated heterocycles. The van der Waals surface area contributed by atoms with Gasteiger partial charge in [-0.05, 0) is 38.1 Å². The number of carbonyl (C=O) groups is 3. The lowest BCUT2D eigenvalue weighted by Crippen LogP contribution is -2.15. The summed E-state index contributed by atoms with van der Waals surface area (Å²) in [6, 6.07) is 6.15. The lowest BCUT2D eigenvalue weighted by atomic mass is 10.0. The van der Waals surface area contributed by atoms with Gasteiger partial charge in [0.15, 0.2) is 5.78 Å². The van der Waals surface area contributed by atoms with Gasteiger partial charge in [-0.25, -0.2) is 9.59 Å². The van der Waals surface area contributed by atoms with Crippen LogP contribution in [0.3, 0.4) is 0 Å². The summed E-state index contributed by atoms with van der Waals surface area (Å²) < 4.78 is 19.6. The van der Waals surface area contributed by atoms with E-state index in [4.69, 9.17) is 18.7 Å². The minimum Gasteiger partial charge on any atom is -0.497 e. The third kappa shape index (κ3) is 3.85. The number of ketones is 1. The first-order valence-corrected chi connectivity index (χ1v) is 7.56. The Bertz CT molecular complexity index is 741. The SMILES string of the molecule is CCOC(=O)c1noc(C(=O)OCC)c1C(=O)c1ccc(OC)cc1. The van der Waals surface area contributed by atoms with Crippen molar-refractivity contribution in [3.05, 3.63) is 46.8 Å². The molecule has 0 aliphatic carbocycles. The van der Waals surface area contributed by atoms with E-state index in [0.29, 0.717) is 5.75 Å². The van der Waals surface area contributed by atoms with Gasteiger partial charge in [0.25, 0.3) is 5.76 Å². The zero-order chi connectivity index (χ0) is 18.4. The second-order valence-corrected chi connectivity index (χ2v) is 4.73. The fourth-order valence-electron chi connectivity index (χ4n) is 2.06. The fraction of sp³-hybridized carbons (Fsp3) is 0.294. The molecule has 0 unspecified atom stereocenters. The molecule has 8 heteroatoms. The van der Waals surface area contributed by atoms with Gasteiger partial charge in [0.2, 0.25) is 5.69 Å². The van der Waals surface area contributed by atoms with Crippen LogP contribution in [0.5, 0.6) is 5.75 Å². The average molecular weight is 347 g/mol. The molecule has 0 saturated carbocycles. The van der Waals surface area contributed by atoms with E-state index >= 15 is 0 Å². The normalized spacial score (nSPS) is 10.2. The van der Waals surface area contributed by atoms with Crippen LogP contribution in [-0.4, -0.2) is 43.2 Å². The van der Waals surface area contributed by atoms with Crippen molar-refractivity contribution in [2.45, 2.75) is 13.8 Å². The van der Waals surface area contributed by atoms with Gasteiger partial charge in [0.1, 0.15) is 11.3 Å².